The Morgan fingerprint density at radius 1 is 1.25 bits per heavy atom. The molecule has 0 bridgehead atoms. The maximum absolute atomic E-state index is 13.1. The monoisotopic (exact) mass is 402 g/mol. The van der Waals surface area contributed by atoms with Crippen molar-refractivity contribution in [3.05, 3.63) is 53.6 Å². The average molecular weight is 402 g/mol. The maximum Gasteiger partial charge on any atom is 0.310 e. The molecule has 3 rings (SSSR count). The molecule has 0 aromatic heterocycles. The SMILES string of the molecule is CCOC(=O)CC1=C(C)CCN(N(c2cccc3ccccc23)S(=O)O)C1=O. The van der Waals surface area contributed by atoms with Crippen LogP contribution >= 0.6 is 0 Å². The number of hydrazine groups is 1. The van der Waals surface area contributed by atoms with Crippen LogP contribution in [0.5, 0.6) is 0 Å². The van der Waals surface area contributed by atoms with Gasteiger partial charge in [-0.3, -0.25) is 14.1 Å². The second-order valence-corrected chi connectivity index (χ2v) is 7.23. The summed E-state index contributed by atoms with van der Waals surface area (Å²) in [5.74, 6) is -0.957. The number of ether oxygens (including phenoxy) is 1. The fourth-order valence-electron chi connectivity index (χ4n) is 3.29. The minimum atomic E-state index is -2.47. The predicted octanol–water partition coefficient (Wildman–Crippen LogP) is 3.20. The lowest BCUT2D eigenvalue weighted by atomic mass is 9.99. The first-order chi connectivity index (χ1) is 13.4. The van der Waals surface area contributed by atoms with Crippen LogP contribution in [-0.2, 0) is 25.6 Å². The smallest absolute Gasteiger partial charge is 0.310 e. The molecule has 1 heterocycles. The number of benzene rings is 2. The minimum absolute atomic E-state index is 0.156. The molecule has 8 heteroatoms. The van der Waals surface area contributed by atoms with Crippen molar-refractivity contribution in [1.82, 2.24) is 5.01 Å². The van der Waals surface area contributed by atoms with Gasteiger partial charge in [-0.25, -0.2) is 9.22 Å². The van der Waals surface area contributed by atoms with E-state index in [0.29, 0.717) is 17.7 Å². The summed E-state index contributed by atoms with van der Waals surface area (Å²) >= 11 is -2.47. The van der Waals surface area contributed by atoms with Crippen LogP contribution in [0.2, 0.25) is 0 Å². The van der Waals surface area contributed by atoms with Gasteiger partial charge in [-0.1, -0.05) is 42.0 Å². The molecule has 1 atom stereocenters. The third-order valence-electron chi connectivity index (χ3n) is 4.67. The molecule has 1 aliphatic heterocycles. The zero-order valence-corrected chi connectivity index (χ0v) is 16.6. The minimum Gasteiger partial charge on any atom is -0.466 e. The Morgan fingerprint density at radius 3 is 2.68 bits per heavy atom. The quantitative estimate of drug-likeness (QED) is 0.592. The van der Waals surface area contributed by atoms with Gasteiger partial charge in [-0.2, -0.15) is 4.41 Å². The van der Waals surface area contributed by atoms with E-state index < -0.39 is 23.1 Å². The fraction of sp³-hybridized carbons (Fsp3) is 0.300. The van der Waals surface area contributed by atoms with E-state index in [-0.39, 0.29) is 19.6 Å². The summed E-state index contributed by atoms with van der Waals surface area (Å²) in [6.45, 7) is 3.96. The van der Waals surface area contributed by atoms with Gasteiger partial charge in [0.2, 0.25) is 0 Å². The van der Waals surface area contributed by atoms with E-state index in [0.717, 1.165) is 20.8 Å². The average Bonchev–Trinajstić information content (AvgIpc) is 2.67. The van der Waals surface area contributed by atoms with Crippen molar-refractivity contribution in [3.63, 3.8) is 0 Å². The van der Waals surface area contributed by atoms with Crippen molar-refractivity contribution < 1.29 is 23.1 Å². The Bertz CT molecular complexity index is 967. The standard InChI is InChI=1S/C20H22N2O5S/c1-3-27-19(23)13-17-14(2)11-12-21(20(17)24)22(28(25)26)18-10-6-8-15-7-4-5-9-16(15)18/h4-10H,3,11-13H2,1-2H3,(H,25,26). The highest BCUT2D eigenvalue weighted by Crippen LogP contribution is 2.32. The molecule has 0 radical (unpaired) electrons. The number of carbonyl (C=O) groups excluding carboxylic acids is 2. The molecule has 0 spiro atoms. The summed E-state index contributed by atoms with van der Waals surface area (Å²) in [7, 11) is 0. The number of amides is 1. The molecule has 0 fully saturated rings. The molecule has 28 heavy (non-hydrogen) atoms. The molecule has 148 valence electrons. The number of carbonyl (C=O) groups is 2. The molecule has 1 N–H and O–H groups in total. The van der Waals surface area contributed by atoms with E-state index in [9.17, 15) is 18.4 Å². The summed E-state index contributed by atoms with van der Waals surface area (Å²) in [6.07, 6.45) is 0.343. The number of rotatable bonds is 6. The van der Waals surface area contributed by atoms with Crippen LogP contribution in [0.15, 0.2) is 53.6 Å². The molecular weight excluding hydrogens is 380 g/mol. The van der Waals surface area contributed by atoms with Gasteiger partial charge in [-0.15, -0.1) is 0 Å². The van der Waals surface area contributed by atoms with Gasteiger partial charge in [0.25, 0.3) is 17.2 Å². The number of nitrogens with zero attached hydrogens (tertiary/aromatic N) is 2. The van der Waals surface area contributed by atoms with Gasteiger partial charge in [0.1, 0.15) is 0 Å². The number of fused-ring (bicyclic) bond motifs is 1. The van der Waals surface area contributed by atoms with Gasteiger partial charge in [0.05, 0.1) is 18.7 Å². The predicted molar refractivity (Wildman–Crippen MR) is 107 cm³/mol. The topological polar surface area (TPSA) is 87.2 Å². The van der Waals surface area contributed by atoms with Gasteiger partial charge in [0, 0.05) is 17.5 Å². The highest BCUT2D eigenvalue weighted by Gasteiger charge is 2.34. The summed E-state index contributed by atoms with van der Waals surface area (Å²) < 4.78 is 28.3. The normalized spacial score (nSPS) is 15.7. The van der Waals surface area contributed by atoms with Crippen molar-refractivity contribution >= 4 is 39.6 Å². The van der Waals surface area contributed by atoms with Crippen molar-refractivity contribution in [2.75, 3.05) is 17.6 Å². The van der Waals surface area contributed by atoms with E-state index in [2.05, 4.69) is 0 Å². The molecule has 7 nitrogen and oxygen atoms in total. The van der Waals surface area contributed by atoms with E-state index in [1.54, 1.807) is 26.0 Å². The molecule has 1 aliphatic rings. The summed E-state index contributed by atoms with van der Waals surface area (Å²) in [5, 5.41) is 2.87. The Morgan fingerprint density at radius 2 is 1.96 bits per heavy atom. The van der Waals surface area contributed by atoms with Gasteiger partial charge >= 0.3 is 5.97 Å². The van der Waals surface area contributed by atoms with Crippen LogP contribution < -0.4 is 4.41 Å². The van der Waals surface area contributed by atoms with E-state index in [1.807, 2.05) is 30.3 Å². The summed E-state index contributed by atoms with van der Waals surface area (Å²) in [4.78, 5) is 25.0. The first-order valence-corrected chi connectivity index (χ1v) is 10.0. The van der Waals surface area contributed by atoms with Gasteiger partial charge < -0.3 is 4.74 Å². The highest BCUT2D eigenvalue weighted by atomic mass is 32.2. The van der Waals surface area contributed by atoms with Crippen LogP contribution in [0.1, 0.15) is 26.7 Å². The lowest BCUT2D eigenvalue weighted by Crippen LogP contribution is -2.51. The third-order valence-corrected chi connectivity index (χ3v) is 5.36. The van der Waals surface area contributed by atoms with Crippen LogP contribution in [0, 0.1) is 0 Å². The largest absolute Gasteiger partial charge is 0.466 e. The zero-order valence-electron chi connectivity index (χ0n) is 15.8. The van der Waals surface area contributed by atoms with E-state index in [1.165, 1.54) is 5.01 Å². The molecule has 0 saturated carbocycles. The lowest BCUT2D eigenvalue weighted by molar-refractivity contribution is -0.143. The first-order valence-electron chi connectivity index (χ1n) is 8.99. The second-order valence-electron chi connectivity index (χ2n) is 6.42. The Balaban J connectivity index is 2.00. The number of hydrogen-bond acceptors (Lipinski definition) is 4. The van der Waals surface area contributed by atoms with Crippen LogP contribution in [0.3, 0.4) is 0 Å². The lowest BCUT2D eigenvalue weighted by Gasteiger charge is -2.37. The van der Waals surface area contributed by atoms with E-state index in [4.69, 9.17) is 4.74 Å². The first kappa shape index (κ1) is 20.0. The van der Waals surface area contributed by atoms with Crippen LogP contribution in [-0.4, -0.2) is 38.8 Å². The zero-order chi connectivity index (χ0) is 20.3. The number of hydrogen-bond donors (Lipinski definition) is 1. The molecule has 1 unspecified atom stereocenters. The van der Waals surface area contributed by atoms with Crippen molar-refractivity contribution in [2.24, 2.45) is 0 Å². The summed E-state index contributed by atoms with van der Waals surface area (Å²) in [5.41, 5.74) is 1.54. The molecule has 0 saturated heterocycles. The maximum atomic E-state index is 13.1. The molecule has 1 amide bonds. The molecule has 2 aromatic carbocycles. The van der Waals surface area contributed by atoms with E-state index >= 15 is 0 Å². The second kappa shape index (κ2) is 8.53. The molecular formula is C20H22N2O5S. The van der Waals surface area contributed by atoms with Gasteiger partial charge in [-0.05, 0) is 31.7 Å². The third kappa shape index (κ3) is 3.93. The highest BCUT2D eigenvalue weighted by molar-refractivity contribution is 7.80. The van der Waals surface area contributed by atoms with Crippen LogP contribution in [0.4, 0.5) is 5.69 Å². The van der Waals surface area contributed by atoms with Crippen molar-refractivity contribution in [2.45, 2.75) is 26.7 Å². The Kier molecular flexibility index (Phi) is 6.11. The fourth-order valence-corrected chi connectivity index (χ4v) is 3.95. The van der Waals surface area contributed by atoms with Crippen molar-refractivity contribution in [3.8, 4) is 0 Å². The Labute approximate surface area is 166 Å². The van der Waals surface area contributed by atoms with Gasteiger partial charge in [0.15, 0.2) is 0 Å². The number of anilines is 1. The van der Waals surface area contributed by atoms with Crippen LogP contribution in [0.25, 0.3) is 10.8 Å². The Hall–Kier alpha value is -2.71. The molecule has 2 aromatic rings. The number of esters is 1. The van der Waals surface area contributed by atoms with Crippen molar-refractivity contribution in [1.29, 1.82) is 0 Å². The summed E-state index contributed by atoms with van der Waals surface area (Å²) in [6, 6.07) is 12.8. The molecule has 0 aliphatic carbocycles.